The zero-order chi connectivity index (χ0) is 18.6. The van der Waals surface area contributed by atoms with Crippen LogP contribution in [-0.2, 0) is 0 Å². The van der Waals surface area contributed by atoms with Gasteiger partial charge in [0.1, 0.15) is 5.69 Å². The van der Waals surface area contributed by atoms with E-state index in [1.54, 1.807) is 4.68 Å². The van der Waals surface area contributed by atoms with E-state index in [9.17, 15) is 4.79 Å². The number of nitrogens with two attached hydrogens (primary N) is 1. The molecule has 0 radical (unpaired) electrons. The lowest BCUT2D eigenvalue weighted by Crippen LogP contribution is -2.39. The van der Waals surface area contributed by atoms with E-state index < -0.39 is 0 Å². The highest BCUT2D eigenvalue weighted by molar-refractivity contribution is 6.00. The molecule has 0 bridgehead atoms. The molecule has 0 spiro atoms. The molecule has 3 aromatic rings. The van der Waals surface area contributed by atoms with E-state index in [2.05, 4.69) is 5.32 Å². The van der Waals surface area contributed by atoms with Crippen LogP contribution >= 0.6 is 12.4 Å². The molecule has 0 aliphatic heterocycles. The fraction of sp³-hybridized carbons (Fsp3) is 0.273. The Bertz CT molecular complexity index is 911. The fourth-order valence-electron chi connectivity index (χ4n) is 3.82. The third-order valence-corrected chi connectivity index (χ3v) is 5.31. The first-order chi connectivity index (χ1) is 13.3. The number of aromatic nitrogens is 2. The lowest BCUT2D eigenvalue weighted by atomic mass is 10.0. The van der Waals surface area contributed by atoms with Gasteiger partial charge in [0, 0.05) is 17.8 Å². The second-order valence-electron chi connectivity index (χ2n) is 7.04. The smallest absolute Gasteiger partial charge is 0.255 e. The van der Waals surface area contributed by atoms with E-state index in [-0.39, 0.29) is 24.4 Å². The van der Waals surface area contributed by atoms with Crippen LogP contribution in [0.3, 0.4) is 0 Å². The molecule has 1 aliphatic carbocycles. The van der Waals surface area contributed by atoms with Gasteiger partial charge in [-0.3, -0.25) is 4.79 Å². The Morgan fingerprint density at radius 3 is 2.43 bits per heavy atom. The van der Waals surface area contributed by atoms with E-state index in [4.69, 9.17) is 10.8 Å². The van der Waals surface area contributed by atoms with Crippen molar-refractivity contribution >= 4 is 18.3 Å². The normalized spacial score (nSPS) is 18.5. The number of rotatable bonds is 5. The zero-order valence-corrected chi connectivity index (χ0v) is 16.4. The summed E-state index contributed by atoms with van der Waals surface area (Å²) in [5.41, 5.74) is 9.01. The summed E-state index contributed by atoms with van der Waals surface area (Å²) in [6.07, 6.45) is 5.00. The first kappa shape index (κ1) is 20.1. The lowest BCUT2D eigenvalue weighted by molar-refractivity contribution is 0.0929. The number of carbonyl (C=O) groups is 1. The molecule has 2 aromatic carbocycles. The van der Waals surface area contributed by atoms with Crippen LogP contribution < -0.4 is 11.1 Å². The number of benzene rings is 2. The molecule has 2 unspecified atom stereocenters. The average molecular weight is 397 g/mol. The van der Waals surface area contributed by atoms with E-state index in [1.807, 2.05) is 66.9 Å². The van der Waals surface area contributed by atoms with Crippen molar-refractivity contribution in [3.63, 3.8) is 0 Å². The number of hydrogen-bond donors (Lipinski definition) is 2. The maximum Gasteiger partial charge on any atom is 0.255 e. The molecule has 0 saturated heterocycles. The van der Waals surface area contributed by atoms with Crippen LogP contribution in [0.15, 0.2) is 66.9 Å². The van der Waals surface area contributed by atoms with Crippen molar-refractivity contribution in [1.82, 2.24) is 15.1 Å². The standard InChI is InChI=1S/C22H24N4O.ClH/c23-14-17-10-7-13-20(17)24-22(27)19-15-26(18-11-5-2-6-12-18)25-21(19)16-8-3-1-4-9-16;/h1-6,8-9,11-12,15,17,20H,7,10,13-14,23H2,(H,24,27);1H. The van der Waals surface area contributed by atoms with E-state index in [0.717, 1.165) is 30.5 Å². The van der Waals surface area contributed by atoms with Crippen LogP contribution in [0.5, 0.6) is 0 Å². The molecular weight excluding hydrogens is 372 g/mol. The summed E-state index contributed by atoms with van der Waals surface area (Å²) in [7, 11) is 0. The Hall–Kier alpha value is -2.63. The predicted octanol–water partition coefficient (Wildman–Crippen LogP) is 3.82. The Morgan fingerprint density at radius 1 is 1.07 bits per heavy atom. The van der Waals surface area contributed by atoms with Gasteiger partial charge in [0.25, 0.3) is 5.91 Å². The zero-order valence-electron chi connectivity index (χ0n) is 15.6. The number of para-hydroxylation sites is 1. The van der Waals surface area contributed by atoms with Gasteiger partial charge in [0.2, 0.25) is 0 Å². The minimum atomic E-state index is -0.0821. The number of halogens is 1. The number of nitrogens with zero attached hydrogens (tertiary/aromatic N) is 2. The van der Waals surface area contributed by atoms with Crippen LogP contribution in [0.1, 0.15) is 29.6 Å². The first-order valence-electron chi connectivity index (χ1n) is 9.47. The molecule has 1 amide bonds. The molecular formula is C22H25ClN4O. The highest BCUT2D eigenvalue weighted by Gasteiger charge is 2.29. The van der Waals surface area contributed by atoms with Crippen LogP contribution in [-0.4, -0.2) is 28.3 Å². The van der Waals surface area contributed by atoms with Crippen molar-refractivity contribution in [3.05, 3.63) is 72.4 Å². The van der Waals surface area contributed by atoms with Crippen LogP contribution in [0.2, 0.25) is 0 Å². The number of carbonyl (C=O) groups excluding carboxylic acids is 1. The molecule has 1 heterocycles. The fourth-order valence-corrected chi connectivity index (χ4v) is 3.82. The van der Waals surface area contributed by atoms with Gasteiger partial charge < -0.3 is 11.1 Å². The number of nitrogens with one attached hydrogen (secondary N) is 1. The molecule has 5 nitrogen and oxygen atoms in total. The Morgan fingerprint density at radius 2 is 1.75 bits per heavy atom. The largest absolute Gasteiger partial charge is 0.349 e. The van der Waals surface area contributed by atoms with Crippen molar-refractivity contribution in [2.75, 3.05) is 6.54 Å². The second kappa shape index (κ2) is 9.04. The second-order valence-corrected chi connectivity index (χ2v) is 7.04. The minimum absolute atomic E-state index is 0. The summed E-state index contributed by atoms with van der Waals surface area (Å²) in [4.78, 5) is 13.1. The molecule has 28 heavy (non-hydrogen) atoms. The summed E-state index contributed by atoms with van der Waals surface area (Å²) in [5, 5.41) is 7.92. The molecule has 1 aliphatic rings. The van der Waals surface area contributed by atoms with Gasteiger partial charge in [0.15, 0.2) is 0 Å². The maximum absolute atomic E-state index is 13.1. The van der Waals surface area contributed by atoms with Crippen LogP contribution in [0, 0.1) is 5.92 Å². The lowest BCUT2D eigenvalue weighted by Gasteiger charge is -2.19. The summed E-state index contributed by atoms with van der Waals surface area (Å²) >= 11 is 0. The van der Waals surface area contributed by atoms with Crippen molar-refractivity contribution in [2.45, 2.75) is 25.3 Å². The molecule has 3 N–H and O–H groups in total. The Kier molecular flexibility index (Phi) is 6.49. The Labute approximate surface area is 171 Å². The molecule has 2 atom stereocenters. The van der Waals surface area contributed by atoms with Gasteiger partial charge in [-0.25, -0.2) is 4.68 Å². The third-order valence-electron chi connectivity index (χ3n) is 5.31. The van der Waals surface area contributed by atoms with Gasteiger partial charge in [-0.2, -0.15) is 5.10 Å². The average Bonchev–Trinajstić information content (AvgIpc) is 3.36. The van der Waals surface area contributed by atoms with Crippen molar-refractivity contribution in [3.8, 4) is 16.9 Å². The molecule has 1 aromatic heterocycles. The molecule has 1 saturated carbocycles. The monoisotopic (exact) mass is 396 g/mol. The van der Waals surface area contributed by atoms with E-state index in [1.165, 1.54) is 0 Å². The Balaban J connectivity index is 0.00000225. The summed E-state index contributed by atoms with van der Waals surface area (Å²) in [5.74, 6) is 0.277. The topological polar surface area (TPSA) is 72.9 Å². The van der Waals surface area contributed by atoms with Crippen molar-refractivity contribution < 1.29 is 4.79 Å². The minimum Gasteiger partial charge on any atom is -0.349 e. The first-order valence-corrected chi connectivity index (χ1v) is 9.47. The summed E-state index contributed by atoms with van der Waals surface area (Å²) in [6.45, 7) is 0.611. The summed E-state index contributed by atoms with van der Waals surface area (Å²) in [6, 6.07) is 19.8. The quantitative estimate of drug-likeness (QED) is 0.688. The molecule has 6 heteroatoms. The number of amides is 1. The van der Waals surface area contributed by atoms with Crippen LogP contribution in [0.4, 0.5) is 0 Å². The molecule has 1 fully saturated rings. The van der Waals surface area contributed by atoms with Crippen molar-refractivity contribution in [2.24, 2.45) is 11.7 Å². The molecule has 4 rings (SSSR count). The van der Waals surface area contributed by atoms with Gasteiger partial charge in [-0.15, -0.1) is 12.4 Å². The highest BCUT2D eigenvalue weighted by Crippen LogP contribution is 2.27. The third kappa shape index (κ3) is 4.11. The van der Waals surface area contributed by atoms with Gasteiger partial charge in [-0.05, 0) is 37.4 Å². The highest BCUT2D eigenvalue weighted by atomic mass is 35.5. The van der Waals surface area contributed by atoms with Gasteiger partial charge in [-0.1, -0.05) is 55.0 Å². The summed E-state index contributed by atoms with van der Waals surface area (Å²) < 4.78 is 1.77. The molecule has 146 valence electrons. The van der Waals surface area contributed by atoms with Crippen molar-refractivity contribution in [1.29, 1.82) is 0 Å². The van der Waals surface area contributed by atoms with Gasteiger partial charge >= 0.3 is 0 Å². The van der Waals surface area contributed by atoms with E-state index in [0.29, 0.717) is 23.7 Å². The SMILES string of the molecule is Cl.NCC1CCCC1NC(=O)c1cn(-c2ccccc2)nc1-c1ccccc1. The van der Waals surface area contributed by atoms with Gasteiger partial charge in [0.05, 0.1) is 11.3 Å². The van der Waals surface area contributed by atoms with Crippen LogP contribution in [0.25, 0.3) is 16.9 Å². The number of hydrogen-bond acceptors (Lipinski definition) is 3. The maximum atomic E-state index is 13.1. The predicted molar refractivity (Wildman–Crippen MR) is 114 cm³/mol. The van der Waals surface area contributed by atoms with E-state index >= 15 is 0 Å².